The number of nitrogens with zero attached hydrogens (tertiary/aromatic N) is 1. The molecule has 6 heteroatoms. The normalized spacial score (nSPS) is 13.8. The molecule has 1 aromatic carbocycles. The molecule has 0 saturated carbocycles. The van der Waals surface area contributed by atoms with Crippen LogP contribution in [0.2, 0.25) is 0 Å². The van der Waals surface area contributed by atoms with E-state index in [0.29, 0.717) is 6.42 Å². The number of benzene rings is 1. The molecular weight excluding hydrogens is 296 g/mol. The van der Waals surface area contributed by atoms with Gasteiger partial charge in [-0.15, -0.1) is 0 Å². The molecule has 0 spiro atoms. The van der Waals surface area contributed by atoms with Crippen LogP contribution in [0.5, 0.6) is 0 Å². The predicted molar refractivity (Wildman–Crippen MR) is 87.7 cm³/mol. The summed E-state index contributed by atoms with van der Waals surface area (Å²) in [5.41, 5.74) is -0.911. The Labute approximate surface area is 137 Å². The van der Waals surface area contributed by atoms with E-state index >= 15 is 0 Å². The molecule has 1 aromatic rings. The van der Waals surface area contributed by atoms with Gasteiger partial charge in [0.25, 0.3) is 5.91 Å². The van der Waals surface area contributed by atoms with Crippen molar-refractivity contribution in [1.29, 1.82) is 0 Å². The van der Waals surface area contributed by atoms with E-state index in [0.717, 1.165) is 10.6 Å². The first-order valence-corrected chi connectivity index (χ1v) is 7.45. The van der Waals surface area contributed by atoms with Crippen LogP contribution in [0.25, 0.3) is 0 Å². The number of hydrogen-bond acceptors (Lipinski definition) is 4. The molecule has 0 aliphatic rings. The summed E-state index contributed by atoms with van der Waals surface area (Å²) in [5, 5.41) is 3.78. The van der Waals surface area contributed by atoms with Crippen LogP contribution in [0.4, 0.5) is 4.79 Å². The van der Waals surface area contributed by atoms with E-state index in [4.69, 9.17) is 9.57 Å². The minimum atomic E-state index is -1.19. The fourth-order valence-corrected chi connectivity index (χ4v) is 2.14. The van der Waals surface area contributed by atoms with Crippen molar-refractivity contribution in [2.45, 2.75) is 45.3 Å². The molecule has 0 heterocycles. The number of ether oxygens (including phenoxy) is 1. The largest absolute Gasteiger partial charge is 0.444 e. The molecule has 2 amide bonds. The van der Waals surface area contributed by atoms with Crippen molar-refractivity contribution in [1.82, 2.24) is 10.4 Å². The molecule has 0 aromatic heterocycles. The second-order valence-corrected chi connectivity index (χ2v) is 6.61. The lowest BCUT2D eigenvalue weighted by atomic mass is 9.91. The maximum Gasteiger partial charge on any atom is 0.408 e. The molecule has 0 fully saturated rings. The van der Waals surface area contributed by atoms with E-state index in [1.165, 1.54) is 14.2 Å². The predicted octanol–water partition coefficient (Wildman–Crippen LogP) is 2.53. The fraction of sp³-hybridized carbons (Fsp3) is 0.529. The summed E-state index contributed by atoms with van der Waals surface area (Å²) < 4.78 is 5.27. The summed E-state index contributed by atoms with van der Waals surface area (Å²) in [6, 6.07) is 9.46. The smallest absolute Gasteiger partial charge is 0.408 e. The zero-order valence-electron chi connectivity index (χ0n) is 14.7. The minimum Gasteiger partial charge on any atom is -0.444 e. The Balaban J connectivity index is 3.01. The highest BCUT2D eigenvalue weighted by molar-refractivity contribution is 5.89. The summed E-state index contributed by atoms with van der Waals surface area (Å²) in [5.74, 6) is -0.366. The van der Waals surface area contributed by atoms with Gasteiger partial charge in [0.15, 0.2) is 0 Å². The van der Waals surface area contributed by atoms with Gasteiger partial charge in [0, 0.05) is 13.5 Å². The van der Waals surface area contributed by atoms with Gasteiger partial charge in [0.05, 0.1) is 7.11 Å². The third-order valence-corrected chi connectivity index (χ3v) is 3.21. The molecule has 1 N–H and O–H groups in total. The number of likely N-dealkylation sites (N-methyl/N-ethyl adjacent to an activating group) is 1. The summed E-state index contributed by atoms with van der Waals surface area (Å²) in [4.78, 5) is 29.7. The highest BCUT2D eigenvalue weighted by atomic mass is 16.7. The molecule has 0 saturated heterocycles. The SMILES string of the molecule is CON(C)C(=O)C(C)(Cc1ccccc1)NC(=O)OC(C)(C)C. The highest BCUT2D eigenvalue weighted by Crippen LogP contribution is 2.18. The Morgan fingerprint density at radius 2 is 1.70 bits per heavy atom. The first-order valence-electron chi connectivity index (χ1n) is 7.45. The number of nitrogens with one attached hydrogen (secondary N) is 1. The van der Waals surface area contributed by atoms with Crippen LogP contribution in [0.3, 0.4) is 0 Å². The summed E-state index contributed by atoms with van der Waals surface area (Å²) in [6.07, 6.45) is -0.326. The van der Waals surface area contributed by atoms with Crippen LogP contribution in [0.1, 0.15) is 33.3 Å². The van der Waals surface area contributed by atoms with Gasteiger partial charge in [0.1, 0.15) is 11.1 Å². The van der Waals surface area contributed by atoms with Crippen LogP contribution in [0.15, 0.2) is 30.3 Å². The molecule has 1 unspecified atom stereocenters. The van der Waals surface area contributed by atoms with Gasteiger partial charge in [0.2, 0.25) is 0 Å². The van der Waals surface area contributed by atoms with Crippen LogP contribution in [0, 0.1) is 0 Å². The Hall–Kier alpha value is -2.08. The second kappa shape index (κ2) is 7.46. The lowest BCUT2D eigenvalue weighted by Gasteiger charge is -2.33. The summed E-state index contributed by atoms with van der Waals surface area (Å²) >= 11 is 0. The maximum absolute atomic E-state index is 12.6. The first kappa shape index (κ1) is 19.0. The van der Waals surface area contributed by atoms with Gasteiger partial charge < -0.3 is 10.1 Å². The number of carbonyl (C=O) groups is 2. The Kier molecular flexibility index (Phi) is 6.15. The number of hydroxylamine groups is 2. The summed E-state index contributed by atoms with van der Waals surface area (Å²) in [6.45, 7) is 6.96. The Bertz CT molecular complexity index is 539. The van der Waals surface area contributed by atoms with Gasteiger partial charge in [-0.3, -0.25) is 9.63 Å². The molecule has 23 heavy (non-hydrogen) atoms. The highest BCUT2D eigenvalue weighted by Gasteiger charge is 2.39. The second-order valence-electron chi connectivity index (χ2n) is 6.61. The fourth-order valence-electron chi connectivity index (χ4n) is 2.14. The molecule has 6 nitrogen and oxygen atoms in total. The lowest BCUT2D eigenvalue weighted by molar-refractivity contribution is -0.175. The van der Waals surface area contributed by atoms with Crippen molar-refractivity contribution in [3.63, 3.8) is 0 Å². The van der Waals surface area contributed by atoms with E-state index in [9.17, 15) is 9.59 Å². The van der Waals surface area contributed by atoms with Crippen LogP contribution < -0.4 is 5.32 Å². The van der Waals surface area contributed by atoms with Crippen molar-refractivity contribution >= 4 is 12.0 Å². The van der Waals surface area contributed by atoms with E-state index < -0.39 is 17.2 Å². The average Bonchev–Trinajstić information content (AvgIpc) is 2.44. The molecule has 0 aliphatic heterocycles. The quantitative estimate of drug-likeness (QED) is 0.846. The first-order chi connectivity index (χ1) is 10.6. The molecular formula is C17H26N2O4. The van der Waals surface area contributed by atoms with Crippen LogP contribution in [-0.2, 0) is 20.8 Å². The van der Waals surface area contributed by atoms with Crippen molar-refractivity contribution in [3.8, 4) is 0 Å². The van der Waals surface area contributed by atoms with Crippen LogP contribution >= 0.6 is 0 Å². The zero-order chi connectivity index (χ0) is 17.7. The van der Waals surface area contributed by atoms with Crippen molar-refractivity contribution < 1.29 is 19.2 Å². The van der Waals surface area contributed by atoms with Gasteiger partial charge in [-0.1, -0.05) is 30.3 Å². The van der Waals surface area contributed by atoms with Gasteiger partial charge in [-0.25, -0.2) is 9.86 Å². The Morgan fingerprint density at radius 1 is 1.13 bits per heavy atom. The van der Waals surface area contributed by atoms with Crippen molar-refractivity contribution in [2.75, 3.05) is 14.2 Å². The number of rotatable bonds is 5. The minimum absolute atomic E-state index is 0.319. The van der Waals surface area contributed by atoms with Gasteiger partial charge in [-0.2, -0.15) is 0 Å². The summed E-state index contributed by atoms with van der Waals surface area (Å²) in [7, 11) is 2.90. The maximum atomic E-state index is 12.6. The third kappa shape index (κ3) is 5.90. The van der Waals surface area contributed by atoms with Gasteiger partial charge >= 0.3 is 6.09 Å². The van der Waals surface area contributed by atoms with E-state index in [1.807, 2.05) is 30.3 Å². The molecule has 1 atom stereocenters. The average molecular weight is 322 g/mol. The molecule has 0 bridgehead atoms. The number of alkyl carbamates (subject to hydrolysis) is 1. The zero-order valence-corrected chi connectivity index (χ0v) is 14.7. The van der Waals surface area contributed by atoms with Crippen LogP contribution in [-0.4, -0.2) is 42.4 Å². The Morgan fingerprint density at radius 3 is 2.17 bits per heavy atom. The molecule has 0 radical (unpaired) electrons. The van der Waals surface area contributed by atoms with E-state index in [1.54, 1.807) is 27.7 Å². The molecule has 1 rings (SSSR count). The van der Waals surface area contributed by atoms with Gasteiger partial charge in [-0.05, 0) is 33.3 Å². The van der Waals surface area contributed by atoms with E-state index in [-0.39, 0.29) is 5.91 Å². The third-order valence-electron chi connectivity index (χ3n) is 3.21. The van der Waals surface area contributed by atoms with Crippen molar-refractivity contribution in [3.05, 3.63) is 35.9 Å². The number of amides is 2. The monoisotopic (exact) mass is 322 g/mol. The van der Waals surface area contributed by atoms with Crippen molar-refractivity contribution in [2.24, 2.45) is 0 Å². The van der Waals surface area contributed by atoms with E-state index in [2.05, 4.69) is 5.32 Å². The molecule has 0 aliphatic carbocycles. The standard InChI is InChI=1S/C17H26N2O4/c1-16(2,3)23-15(21)18-17(4,14(20)19(5)22-6)12-13-10-8-7-9-11-13/h7-11H,12H2,1-6H3,(H,18,21). The lowest BCUT2D eigenvalue weighted by Crippen LogP contribution is -2.59. The molecule has 128 valence electrons. The number of carbonyl (C=O) groups excluding carboxylic acids is 2. The topological polar surface area (TPSA) is 67.9 Å². The number of hydrogen-bond donors (Lipinski definition) is 1.